The molecule has 1 fully saturated rings. The van der Waals surface area contributed by atoms with Crippen molar-refractivity contribution in [3.63, 3.8) is 0 Å². The van der Waals surface area contributed by atoms with Gasteiger partial charge in [0.2, 0.25) is 0 Å². The van der Waals surface area contributed by atoms with Crippen molar-refractivity contribution in [1.29, 1.82) is 0 Å². The Bertz CT molecular complexity index is 851. The van der Waals surface area contributed by atoms with E-state index in [0.29, 0.717) is 11.6 Å². The maximum absolute atomic E-state index is 12.6. The number of hydrogen-bond donors (Lipinski definition) is 1. The van der Waals surface area contributed by atoms with E-state index in [2.05, 4.69) is 10.2 Å². The number of nitrogens with one attached hydrogen (secondary N) is 1. The van der Waals surface area contributed by atoms with Crippen molar-refractivity contribution in [2.75, 3.05) is 13.3 Å². The minimum atomic E-state index is -3.22. The van der Waals surface area contributed by atoms with Gasteiger partial charge in [0.05, 0.1) is 10.9 Å². The van der Waals surface area contributed by atoms with Crippen LogP contribution < -0.4 is 0 Å². The second kappa shape index (κ2) is 6.05. The molecule has 24 heavy (non-hydrogen) atoms. The highest BCUT2D eigenvalue weighted by Crippen LogP contribution is 2.39. The molecule has 3 rings (SSSR count). The van der Waals surface area contributed by atoms with Crippen molar-refractivity contribution in [3.05, 3.63) is 47.3 Å². The van der Waals surface area contributed by atoms with Gasteiger partial charge >= 0.3 is 0 Å². The summed E-state index contributed by atoms with van der Waals surface area (Å²) in [7, 11) is -1.49. The first-order chi connectivity index (χ1) is 11.3. The van der Waals surface area contributed by atoms with E-state index in [0.717, 1.165) is 24.1 Å². The molecule has 0 aliphatic heterocycles. The van der Waals surface area contributed by atoms with Gasteiger partial charge in [-0.15, -0.1) is 0 Å². The average Bonchev–Trinajstić information content (AvgIpc) is 3.29. The van der Waals surface area contributed by atoms with Crippen LogP contribution in [-0.4, -0.2) is 42.7 Å². The highest BCUT2D eigenvalue weighted by atomic mass is 32.2. The van der Waals surface area contributed by atoms with Crippen LogP contribution >= 0.6 is 0 Å². The van der Waals surface area contributed by atoms with Gasteiger partial charge in [-0.2, -0.15) is 5.10 Å². The first kappa shape index (κ1) is 16.7. The Morgan fingerprint density at radius 1 is 1.29 bits per heavy atom. The third-order valence-electron chi connectivity index (χ3n) is 4.53. The minimum Gasteiger partial charge on any atom is -0.334 e. The number of amides is 1. The molecule has 0 bridgehead atoms. The van der Waals surface area contributed by atoms with Crippen LogP contribution in [0.15, 0.2) is 35.2 Å². The van der Waals surface area contributed by atoms with Gasteiger partial charge in [-0.25, -0.2) is 8.42 Å². The van der Waals surface area contributed by atoms with Crippen molar-refractivity contribution in [1.82, 2.24) is 15.1 Å². The summed E-state index contributed by atoms with van der Waals surface area (Å²) in [6.07, 6.45) is 3.47. The molecule has 1 aliphatic carbocycles. The average molecular weight is 347 g/mol. The van der Waals surface area contributed by atoms with E-state index in [1.165, 1.54) is 6.26 Å². The molecule has 1 atom stereocenters. The predicted octanol–water partition coefficient (Wildman–Crippen LogP) is 2.52. The molecule has 0 radical (unpaired) electrons. The van der Waals surface area contributed by atoms with Gasteiger partial charge in [-0.1, -0.05) is 12.1 Å². The topological polar surface area (TPSA) is 83.1 Å². The lowest BCUT2D eigenvalue weighted by atomic mass is 10.1. The smallest absolute Gasteiger partial charge is 0.274 e. The SMILES string of the molecule is C[C@@H](c1ccc(S(C)(=O)=O)cc1)N(C)C(=O)c1cc(C2CC2)[nH]n1. The number of aromatic nitrogens is 2. The van der Waals surface area contributed by atoms with Gasteiger partial charge in [0.15, 0.2) is 9.84 Å². The highest BCUT2D eigenvalue weighted by Gasteiger charge is 2.28. The molecule has 1 N–H and O–H groups in total. The summed E-state index contributed by atoms with van der Waals surface area (Å²) in [6, 6.07) is 8.26. The summed E-state index contributed by atoms with van der Waals surface area (Å²) < 4.78 is 23.1. The fourth-order valence-corrected chi connectivity index (χ4v) is 3.25. The van der Waals surface area contributed by atoms with Crippen LogP contribution in [0.5, 0.6) is 0 Å². The van der Waals surface area contributed by atoms with Gasteiger partial charge in [-0.3, -0.25) is 9.89 Å². The maximum Gasteiger partial charge on any atom is 0.274 e. The van der Waals surface area contributed by atoms with Crippen LogP contribution in [0.4, 0.5) is 0 Å². The summed E-state index contributed by atoms with van der Waals surface area (Å²) in [5.41, 5.74) is 2.31. The molecule has 1 aromatic heterocycles. The van der Waals surface area contributed by atoms with Gasteiger partial charge in [0.25, 0.3) is 5.91 Å². The number of hydrogen-bond acceptors (Lipinski definition) is 4. The maximum atomic E-state index is 12.6. The van der Waals surface area contributed by atoms with E-state index in [1.54, 1.807) is 36.2 Å². The Morgan fingerprint density at radius 2 is 1.92 bits per heavy atom. The molecule has 1 aromatic carbocycles. The molecule has 0 spiro atoms. The normalized spacial score (nSPS) is 16.0. The van der Waals surface area contributed by atoms with E-state index in [-0.39, 0.29) is 16.8 Å². The van der Waals surface area contributed by atoms with Crippen molar-refractivity contribution in [2.24, 2.45) is 0 Å². The molecule has 1 amide bonds. The van der Waals surface area contributed by atoms with Gasteiger partial charge in [0.1, 0.15) is 5.69 Å². The molecule has 1 saturated carbocycles. The lowest BCUT2D eigenvalue weighted by Gasteiger charge is -2.24. The lowest BCUT2D eigenvalue weighted by molar-refractivity contribution is 0.0736. The number of carbonyl (C=O) groups is 1. The number of aromatic amines is 1. The van der Waals surface area contributed by atoms with Crippen LogP contribution in [0.3, 0.4) is 0 Å². The Labute approximate surface area is 141 Å². The number of carbonyl (C=O) groups excluding carboxylic acids is 1. The molecule has 6 nitrogen and oxygen atoms in total. The Balaban J connectivity index is 1.75. The van der Waals surface area contributed by atoms with Crippen LogP contribution in [0.25, 0.3) is 0 Å². The Morgan fingerprint density at radius 3 is 2.46 bits per heavy atom. The fraction of sp³-hybridized carbons (Fsp3) is 0.412. The number of nitrogens with zero attached hydrogens (tertiary/aromatic N) is 2. The third-order valence-corrected chi connectivity index (χ3v) is 5.65. The number of sulfone groups is 1. The van der Waals surface area contributed by atoms with E-state index >= 15 is 0 Å². The predicted molar refractivity (Wildman–Crippen MR) is 90.6 cm³/mol. The second-order valence-electron chi connectivity index (χ2n) is 6.42. The molecule has 0 saturated heterocycles. The molecular weight excluding hydrogens is 326 g/mol. The second-order valence-corrected chi connectivity index (χ2v) is 8.43. The lowest BCUT2D eigenvalue weighted by Crippen LogP contribution is -2.30. The van der Waals surface area contributed by atoms with Crippen LogP contribution in [0.2, 0.25) is 0 Å². The van der Waals surface area contributed by atoms with Crippen LogP contribution in [0, 0.1) is 0 Å². The fourth-order valence-electron chi connectivity index (χ4n) is 2.62. The third kappa shape index (κ3) is 3.36. The summed E-state index contributed by atoms with van der Waals surface area (Å²) in [4.78, 5) is 14.5. The molecule has 7 heteroatoms. The van der Waals surface area contributed by atoms with Crippen molar-refractivity contribution >= 4 is 15.7 Å². The van der Waals surface area contributed by atoms with Crippen molar-refractivity contribution < 1.29 is 13.2 Å². The Hall–Kier alpha value is -2.15. The highest BCUT2D eigenvalue weighted by molar-refractivity contribution is 7.90. The minimum absolute atomic E-state index is 0.155. The first-order valence-corrected chi connectivity index (χ1v) is 9.79. The van der Waals surface area contributed by atoms with Gasteiger partial charge < -0.3 is 4.90 Å². The van der Waals surface area contributed by atoms with Crippen LogP contribution in [0.1, 0.15) is 53.5 Å². The molecule has 1 aliphatic rings. The van der Waals surface area contributed by atoms with Crippen LogP contribution in [-0.2, 0) is 9.84 Å². The summed E-state index contributed by atoms with van der Waals surface area (Å²) in [6.45, 7) is 1.90. The first-order valence-electron chi connectivity index (χ1n) is 7.90. The summed E-state index contributed by atoms with van der Waals surface area (Å²) in [5.74, 6) is 0.364. The zero-order valence-electron chi connectivity index (χ0n) is 14.0. The standard InChI is InChI=1S/C17H21N3O3S/c1-11(12-6-8-14(9-7-12)24(3,22)23)20(2)17(21)16-10-15(18-19-16)13-4-5-13/h6-11,13H,4-5H2,1-3H3,(H,18,19)/t11-/m0/s1. The quantitative estimate of drug-likeness (QED) is 0.901. The van der Waals surface area contributed by atoms with E-state index < -0.39 is 9.84 Å². The van der Waals surface area contributed by atoms with E-state index in [1.807, 2.05) is 13.0 Å². The Kier molecular flexibility index (Phi) is 4.21. The molecular formula is C17H21N3O3S. The summed E-state index contributed by atoms with van der Waals surface area (Å²) in [5, 5.41) is 7.07. The molecule has 2 aromatic rings. The molecule has 128 valence electrons. The van der Waals surface area contributed by atoms with Crippen molar-refractivity contribution in [2.45, 2.75) is 36.6 Å². The van der Waals surface area contributed by atoms with E-state index in [9.17, 15) is 13.2 Å². The number of rotatable bonds is 5. The molecule has 1 heterocycles. The van der Waals surface area contributed by atoms with Gasteiger partial charge in [0, 0.05) is 24.9 Å². The monoisotopic (exact) mass is 347 g/mol. The van der Waals surface area contributed by atoms with Crippen molar-refractivity contribution in [3.8, 4) is 0 Å². The number of benzene rings is 1. The van der Waals surface area contributed by atoms with E-state index in [4.69, 9.17) is 0 Å². The zero-order chi connectivity index (χ0) is 17.5. The zero-order valence-corrected chi connectivity index (χ0v) is 14.8. The number of H-pyrrole nitrogens is 1. The van der Waals surface area contributed by atoms with Gasteiger partial charge in [-0.05, 0) is 43.5 Å². The largest absolute Gasteiger partial charge is 0.334 e. The summed E-state index contributed by atoms with van der Waals surface area (Å²) >= 11 is 0. The molecule has 0 unspecified atom stereocenters.